The van der Waals surface area contributed by atoms with Crippen molar-refractivity contribution in [1.29, 1.82) is 0 Å². The van der Waals surface area contributed by atoms with Crippen molar-refractivity contribution in [3.8, 4) is 18.1 Å². The van der Waals surface area contributed by atoms with Gasteiger partial charge in [-0.3, -0.25) is 9.36 Å². The molecule has 0 fully saturated rings. The molecule has 0 unspecified atom stereocenters. The van der Waals surface area contributed by atoms with Crippen molar-refractivity contribution >= 4 is 35.0 Å². The van der Waals surface area contributed by atoms with Gasteiger partial charge in [-0.15, -0.1) is 6.42 Å². The molecule has 8 heteroatoms. The molecular formula is C26H21ClN2O4S. The molecule has 0 amide bonds. The molecule has 0 saturated carbocycles. The number of ether oxygens (including phenoxy) is 2. The second-order valence-corrected chi connectivity index (χ2v) is 8.82. The molecule has 0 saturated heterocycles. The first-order valence-electron chi connectivity index (χ1n) is 10.5. The van der Waals surface area contributed by atoms with E-state index in [0.717, 1.165) is 5.56 Å². The minimum atomic E-state index is -0.654. The average molecular weight is 493 g/mol. The SMILES string of the molecule is C#CCOc1ccc(Cl)cc1/C=c1/sc2n(c1=O)[C@@H](c1ccccc1)C(C(=O)OC)=C(CC)N=2. The summed E-state index contributed by atoms with van der Waals surface area (Å²) in [7, 11) is 1.33. The molecule has 3 aromatic rings. The van der Waals surface area contributed by atoms with Gasteiger partial charge in [0, 0.05) is 10.6 Å². The highest BCUT2D eigenvalue weighted by molar-refractivity contribution is 7.07. The van der Waals surface area contributed by atoms with Gasteiger partial charge in [-0.05, 0) is 36.3 Å². The average Bonchev–Trinajstić information content (AvgIpc) is 3.17. The van der Waals surface area contributed by atoms with E-state index in [2.05, 4.69) is 10.9 Å². The van der Waals surface area contributed by atoms with Crippen LogP contribution in [-0.4, -0.2) is 24.3 Å². The molecule has 0 aliphatic carbocycles. The fraction of sp³-hybridized carbons (Fsp3) is 0.192. The first-order chi connectivity index (χ1) is 16.5. The summed E-state index contributed by atoms with van der Waals surface area (Å²) < 4.78 is 12.7. The van der Waals surface area contributed by atoms with Crippen molar-refractivity contribution in [3.63, 3.8) is 0 Å². The first-order valence-corrected chi connectivity index (χ1v) is 11.7. The maximum Gasteiger partial charge on any atom is 0.338 e. The second-order valence-electron chi connectivity index (χ2n) is 7.37. The van der Waals surface area contributed by atoms with Gasteiger partial charge in [0.2, 0.25) is 0 Å². The number of fused-ring (bicyclic) bond motifs is 1. The van der Waals surface area contributed by atoms with Crippen LogP contribution >= 0.6 is 22.9 Å². The van der Waals surface area contributed by atoms with E-state index in [-0.39, 0.29) is 12.2 Å². The molecule has 1 atom stereocenters. The number of terminal acetylenes is 1. The molecule has 6 nitrogen and oxygen atoms in total. The number of carbonyl (C=O) groups is 1. The third-order valence-corrected chi connectivity index (χ3v) is 6.55. The Morgan fingerprint density at radius 1 is 1.29 bits per heavy atom. The van der Waals surface area contributed by atoms with Crippen LogP contribution in [0.15, 0.2) is 69.6 Å². The highest BCUT2D eigenvalue weighted by atomic mass is 35.5. The highest BCUT2D eigenvalue weighted by Crippen LogP contribution is 2.31. The molecule has 0 N–H and O–H groups in total. The fourth-order valence-corrected chi connectivity index (χ4v) is 5.03. The smallest absolute Gasteiger partial charge is 0.338 e. The van der Waals surface area contributed by atoms with Crippen LogP contribution in [0.1, 0.15) is 30.5 Å². The lowest BCUT2D eigenvalue weighted by Crippen LogP contribution is -2.40. The fourth-order valence-electron chi connectivity index (χ4n) is 3.84. The maximum atomic E-state index is 13.7. The van der Waals surface area contributed by atoms with Crippen LogP contribution in [0.2, 0.25) is 5.02 Å². The van der Waals surface area contributed by atoms with E-state index >= 15 is 0 Å². The predicted octanol–water partition coefficient (Wildman–Crippen LogP) is 3.46. The molecule has 2 heterocycles. The van der Waals surface area contributed by atoms with E-state index in [1.54, 1.807) is 28.8 Å². The van der Waals surface area contributed by atoms with E-state index in [0.29, 0.717) is 43.4 Å². The molecule has 34 heavy (non-hydrogen) atoms. The lowest BCUT2D eigenvalue weighted by Gasteiger charge is -2.25. The number of halogens is 1. The number of carbonyl (C=O) groups excluding carboxylic acids is 1. The summed E-state index contributed by atoms with van der Waals surface area (Å²) in [6.07, 6.45) is 7.54. The standard InChI is InChI=1S/C26H21ClN2O4S/c1-4-13-33-20-12-11-18(27)14-17(20)15-21-24(30)29-23(16-9-7-6-8-10-16)22(25(31)32-3)19(5-2)28-26(29)34-21/h1,6-12,14-15,23H,5,13H2,2-3H3/b21-15+/t23-/m0/s1. The van der Waals surface area contributed by atoms with Crippen molar-refractivity contribution in [1.82, 2.24) is 4.57 Å². The second kappa shape index (κ2) is 10.1. The van der Waals surface area contributed by atoms with Crippen LogP contribution in [-0.2, 0) is 9.53 Å². The Labute approximate surface area is 205 Å². The van der Waals surface area contributed by atoms with Gasteiger partial charge < -0.3 is 9.47 Å². The topological polar surface area (TPSA) is 69.9 Å². The van der Waals surface area contributed by atoms with Crippen LogP contribution < -0.4 is 19.6 Å². The summed E-state index contributed by atoms with van der Waals surface area (Å²) in [4.78, 5) is 31.6. The monoisotopic (exact) mass is 492 g/mol. The van der Waals surface area contributed by atoms with Gasteiger partial charge in [0.15, 0.2) is 4.80 Å². The van der Waals surface area contributed by atoms with Gasteiger partial charge >= 0.3 is 5.97 Å². The largest absolute Gasteiger partial charge is 0.480 e. The number of esters is 1. The number of hydrogen-bond acceptors (Lipinski definition) is 6. The van der Waals surface area contributed by atoms with Crippen LogP contribution in [0.25, 0.3) is 6.08 Å². The molecule has 1 aliphatic rings. The molecule has 1 aromatic heterocycles. The minimum Gasteiger partial charge on any atom is -0.480 e. The normalized spacial score (nSPS) is 15.4. The number of methoxy groups -OCH3 is 1. The number of aromatic nitrogens is 1. The van der Waals surface area contributed by atoms with Gasteiger partial charge in [-0.2, -0.15) is 0 Å². The number of hydrogen-bond donors (Lipinski definition) is 0. The number of nitrogens with zero attached hydrogens (tertiary/aromatic N) is 2. The summed E-state index contributed by atoms with van der Waals surface area (Å²) in [6, 6.07) is 13.8. The van der Waals surface area contributed by atoms with Crippen LogP contribution in [0.5, 0.6) is 5.75 Å². The molecule has 0 radical (unpaired) electrons. The number of thiazole rings is 1. The maximum absolute atomic E-state index is 13.7. The first kappa shape index (κ1) is 23.6. The van der Waals surface area contributed by atoms with Crippen LogP contribution in [0.3, 0.4) is 0 Å². The number of allylic oxidation sites excluding steroid dienone is 1. The Hall–Kier alpha value is -3.60. The predicted molar refractivity (Wildman–Crippen MR) is 133 cm³/mol. The summed E-state index contributed by atoms with van der Waals surface area (Å²) in [5, 5.41) is 0.496. The zero-order valence-electron chi connectivity index (χ0n) is 18.6. The van der Waals surface area contributed by atoms with E-state index in [9.17, 15) is 9.59 Å². The summed E-state index contributed by atoms with van der Waals surface area (Å²) in [5.41, 5.74) is 2.08. The number of benzene rings is 2. The molecule has 172 valence electrons. The highest BCUT2D eigenvalue weighted by Gasteiger charge is 2.33. The van der Waals surface area contributed by atoms with Crippen molar-refractivity contribution in [2.24, 2.45) is 4.99 Å². The van der Waals surface area contributed by atoms with E-state index < -0.39 is 12.0 Å². The number of rotatable bonds is 6. The quantitative estimate of drug-likeness (QED) is 0.390. The molecule has 1 aliphatic heterocycles. The summed E-state index contributed by atoms with van der Waals surface area (Å²) >= 11 is 7.43. The Balaban J connectivity index is 1.98. The zero-order chi connectivity index (χ0) is 24.2. The van der Waals surface area contributed by atoms with Crippen LogP contribution in [0, 0.1) is 12.3 Å². The third-order valence-electron chi connectivity index (χ3n) is 5.33. The molecular weight excluding hydrogens is 472 g/mol. The van der Waals surface area contributed by atoms with Gasteiger partial charge in [-0.1, -0.05) is 66.1 Å². The Bertz CT molecular complexity index is 1500. The third kappa shape index (κ3) is 4.43. The Morgan fingerprint density at radius 3 is 2.74 bits per heavy atom. The summed E-state index contributed by atoms with van der Waals surface area (Å²) in [6.45, 7) is 2.00. The summed E-state index contributed by atoms with van der Waals surface area (Å²) in [5.74, 6) is 2.43. The molecule has 4 rings (SSSR count). The van der Waals surface area contributed by atoms with E-state index in [1.165, 1.54) is 18.4 Å². The van der Waals surface area contributed by atoms with Crippen molar-refractivity contribution in [2.45, 2.75) is 19.4 Å². The molecule has 0 spiro atoms. The van der Waals surface area contributed by atoms with Crippen molar-refractivity contribution in [2.75, 3.05) is 13.7 Å². The van der Waals surface area contributed by atoms with Crippen molar-refractivity contribution in [3.05, 3.63) is 95.6 Å². The van der Waals surface area contributed by atoms with Crippen LogP contribution in [0.4, 0.5) is 0 Å². The lowest BCUT2D eigenvalue weighted by molar-refractivity contribution is -0.136. The minimum absolute atomic E-state index is 0.0834. The van der Waals surface area contributed by atoms with E-state index in [4.69, 9.17) is 27.5 Å². The van der Waals surface area contributed by atoms with E-state index in [1.807, 2.05) is 37.3 Å². The Kier molecular flexibility index (Phi) is 7.01. The Morgan fingerprint density at radius 2 is 2.06 bits per heavy atom. The van der Waals surface area contributed by atoms with Crippen molar-refractivity contribution < 1.29 is 14.3 Å². The van der Waals surface area contributed by atoms with Gasteiger partial charge in [0.1, 0.15) is 12.4 Å². The van der Waals surface area contributed by atoms with Gasteiger partial charge in [-0.25, -0.2) is 9.79 Å². The van der Waals surface area contributed by atoms with Gasteiger partial charge in [0.05, 0.1) is 29.0 Å². The lowest BCUT2D eigenvalue weighted by atomic mass is 9.95. The van der Waals surface area contributed by atoms with Gasteiger partial charge in [0.25, 0.3) is 5.56 Å². The molecule has 0 bridgehead atoms. The molecule has 2 aromatic carbocycles. The zero-order valence-corrected chi connectivity index (χ0v) is 20.2.